The fraction of sp³-hybridized carbons (Fsp3) is 0.143. The van der Waals surface area contributed by atoms with Crippen molar-refractivity contribution >= 4 is 0 Å². The Morgan fingerprint density at radius 2 is 1.05 bits per heavy atom. The Kier molecular flexibility index (Phi) is 5.79. The summed E-state index contributed by atoms with van der Waals surface area (Å²) in [6.07, 6.45) is 0. The highest BCUT2D eigenvalue weighted by molar-refractivity contribution is 5.32. The highest BCUT2D eigenvalue weighted by Gasteiger charge is 1.94. The van der Waals surface area contributed by atoms with E-state index in [9.17, 15) is 0 Å². The van der Waals surface area contributed by atoms with Gasteiger partial charge in [0.1, 0.15) is 11.5 Å². The third kappa shape index (κ3) is 5.45. The van der Waals surface area contributed by atoms with Crippen molar-refractivity contribution in [3.05, 3.63) is 95.6 Å². The van der Waals surface area contributed by atoms with Crippen LogP contribution in [0.3, 0.4) is 0 Å². The minimum atomic E-state index is 0.872. The largest absolute Gasteiger partial charge is 0.457 e. The van der Waals surface area contributed by atoms with Gasteiger partial charge in [-0.1, -0.05) is 71.3 Å². The van der Waals surface area contributed by atoms with Gasteiger partial charge in [0, 0.05) is 0 Å². The highest BCUT2D eigenvalue weighted by atomic mass is 16.5. The van der Waals surface area contributed by atoms with E-state index >= 15 is 0 Å². The van der Waals surface area contributed by atoms with Gasteiger partial charge in [0.2, 0.25) is 0 Å². The molecule has 3 aromatic carbocycles. The number of hydrogen-bond donors (Lipinski definition) is 0. The molecule has 0 aromatic heterocycles. The molecule has 1 heteroatoms. The standard InChI is InChI=1S/C13H12O.C8H10/c1-11-7-9-13(10-8-11)14-12-5-3-2-4-6-12;1-7-4-3-5-8(2)6-7/h2-10H,1H3;3-6H,1-2H3. The molecule has 22 heavy (non-hydrogen) atoms. The van der Waals surface area contributed by atoms with E-state index < -0.39 is 0 Å². The quantitative estimate of drug-likeness (QED) is 0.555. The Morgan fingerprint density at radius 1 is 0.500 bits per heavy atom. The highest BCUT2D eigenvalue weighted by Crippen LogP contribution is 2.20. The van der Waals surface area contributed by atoms with Crippen LogP contribution in [0.15, 0.2) is 78.9 Å². The molecule has 0 aliphatic rings. The maximum Gasteiger partial charge on any atom is 0.127 e. The summed E-state index contributed by atoms with van der Waals surface area (Å²) in [6.45, 7) is 6.27. The zero-order chi connectivity index (χ0) is 15.8. The van der Waals surface area contributed by atoms with Gasteiger partial charge in [0.25, 0.3) is 0 Å². The number of benzene rings is 3. The summed E-state index contributed by atoms with van der Waals surface area (Å²) in [5.41, 5.74) is 3.92. The Labute approximate surface area is 133 Å². The first-order valence-electron chi connectivity index (χ1n) is 7.46. The summed E-state index contributed by atoms with van der Waals surface area (Å²) in [5.74, 6) is 1.75. The summed E-state index contributed by atoms with van der Waals surface area (Å²) in [5, 5.41) is 0. The van der Waals surface area contributed by atoms with Crippen LogP contribution in [0.2, 0.25) is 0 Å². The maximum absolute atomic E-state index is 5.63. The molecule has 0 spiro atoms. The van der Waals surface area contributed by atoms with Gasteiger partial charge in [-0.25, -0.2) is 0 Å². The molecule has 0 saturated carbocycles. The lowest BCUT2D eigenvalue weighted by molar-refractivity contribution is 0.482. The molecule has 0 aliphatic heterocycles. The van der Waals surface area contributed by atoms with Crippen LogP contribution in [0, 0.1) is 20.8 Å². The second kappa shape index (κ2) is 8.04. The molecular formula is C21H22O. The minimum Gasteiger partial charge on any atom is -0.457 e. The van der Waals surface area contributed by atoms with Crippen LogP contribution in [0.25, 0.3) is 0 Å². The first kappa shape index (κ1) is 15.8. The minimum absolute atomic E-state index is 0.872. The summed E-state index contributed by atoms with van der Waals surface area (Å²) in [7, 11) is 0. The predicted octanol–water partition coefficient (Wildman–Crippen LogP) is 6.09. The summed E-state index contributed by atoms with van der Waals surface area (Å²) < 4.78 is 5.63. The lowest BCUT2D eigenvalue weighted by Crippen LogP contribution is -1.82. The fourth-order valence-corrected chi connectivity index (χ4v) is 2.04. The van der Waals surface area contributed by atoms with Crippen LogP contribution < -0.4 is 4.74 Å². The average Bonchev–Trinajstić information content (AvgIpc) is 2.51. The van der Waals surface area contributed by atoms with E-state index in [0.717, 1.165) is 11.5 Å². The first-order chi connectivity index (χ1) is 10.6. The van der Waals surface area contributed by atoms with Crippen molar-refractivity contribution in [3.8, 4) is 11.5 Å². The summed E-state index contributed by atoms with van der Waals surface area (Å²) in [4.78, 5) is 0. The van der Waals surface area contributed by atoms with Crippen LogP contribution in [0.5, 0.6) is 11.5 Å². The van der Waals surface area contributed by atoms with Crippen LogP contribution in [0.4, 0.5) is 0 Å². The van der Waals surface area contributed by atoms with Crippen LogP contribution in [-0.4, -0.2) is 0 Å². The molecular weight excluding hydrogens is 268 g/mol. The van der Waals surface area contributed by atoms with Crippen molar-refractivity contribution in [2.45, 2.75) is 20.8 Å². The second-order valence-corrected chi connectivity index (χ2v) is 5.39. The van der Waals surface area contributed by atoms with E-state index in [0.29, 0.717) is 0 Å². The molecule has 1 nitrogen and oxygen atoms in total. The third-order valence-electron chi connectivity index (χ3n) is 3.17. The van der Waals surface area contributed by atoms with E-state index in [1.165, 1.54) is 16.7 Å². The lowest BCUT2D eigenvalue weighted by Gasteiger charge is -2.04. The molecule has 0 bridgehead atoms. The molecule has 0 N–H and O–H groups in total. The number of aryl methyl sites for hydroxylation is 3. The van der Waals surface area contributed by atoms with E-state index in [1.54, 1.807) is 0 Å². The molecule has 0 radical (unpaired) electrons. The monoisotopic (exact) mass is 290 g/mol. The molecule has 112 valence electrons. The van der Waals surface area contributed by atoms with Gasteiger partial charge < -0.3 is 4.74 Å². The second-order valence-electron chi connectivity index (χ2n) is 5.39. The van der Waals surface area contributed by atoms with E-state index in [2.05, 4.69) is 45.0 Å². The number of ether oxygens (including phenoxy) is 1. The van der Waals surface area contributed by atoms with E-state index in [1.807, 2.05) is 54.6 Å². The number of hydrogen-bond acceptors (Lipinski definition) is 1. The molecule has 0 aliphatic carbocycles. The topological polar surface area (TPSA) is 9.23 Å². The molecule has 3 aromatic rings. The fourth-order valence-electron chi connectivity index (χ4n) is 2.04. The third-order valence-corrected chi connectivity index (χ3v) is 3.17. The Hall–Kier alpha value is -2.54. The normalized spacial score (nSPS) is 9.59. The predicted molar refractivity (Wildman–Crippen MR) is 93.6 cm³/mol. The molecule has 0 fully saturated rings. The SMILES string of the molecule is Cc1ccc(Oc2ccccc2)cc1.Cc1cccc(C)c1. The van der Waals surface area contributed by atoms with Crippen molar-refractivity contribution in [3.63, 3.8) is 0 Å². The molecule has 0 heterocycles. The zero-order valence-electron chi connectivity index (χ0n) is 13.4. The van der Waals surface area contributed by atoms with Crippen LogP contribution in [-0.2, 0) is 0 Å². The Balaban J connectivity index is 0.000000188. The van der Waals surface area contributed by atoms with Crippen molar-refractivity contribution in [2.75, 3.05) is 0 Å². The Morgan fingerprint density at radius 3 is 1.55 bits per heavy atom. The van der Waals surface area contributed by atoms with Gasteiger partial charge in [-0.15, -0.1) is 0 Å². The van der Waals surface area contributed by atoms with Crippen molar-refractivity contribution < 1.29 is 4.74 Å². The maximum atomic E-state index is 5.63. The smallest absolute Gasteiger partial charge is 0.127 e. The van der Waals surface area contributed by atoms with Crippen LogP contribution in [0.1, 0.15) is 16.7 Å². The zero-order valence-corrected chi connectivity index (χ0v) is 13.4. The molecule has 0 unspecified atom stereocenters. The average molecular weight is 290 g/mol. The van der Waals surface area contributed by atoms with Crippen molar-refractivity contribution in [1.29, 1.82) is 0 Å². The summed E-state index contributed by atoms with van der Waals surface area (Å²) in [6, 6.07) is 26.3. The van der Waals surface area contributed by atoms with Gasteiger partial charge in [0.05, 0.1) is 0 Å². The van der Waals surface area contributed by atoms with E-state index in [-0.39, 0.29) is 0 Å². The van der Waals surface area contributed by atoms with Gasteiger partial charge in [-0.3, -0.25) is 0 Å². The lowest BCUT2D eigenvalue weighted by atomic mass is 10.2. The number of rotatable bonds is 2. The van der Waals surface area contributed by atoms with Crippen LogP contribution >= 0.6 is 0 Å². The van der Waals surface area contributed by atoms with Gasteiger partial charge in [-0.05, 0) is 45.0 Å². The van der Waals surface area contributed by atoms with Gasteiger partial charge >= 0.3 is 0 Å². The van der Waals surface area contributed by atoms with Crippen molar-refractivity contribution in [1.82, 2.24) is 0 Å². The molecule has 0 atom stereocenters. The Bertz CT molecular complexity index is 667. The first-order valence-corrected chi connectivity index (χ1v) is 7.46. The van der Waals surface area contributed by atoms with Crippen molar-refractivity contribution in [2.24, 2.45) is 0 Å². The number of para-hydroxylation sites is 1. The molecule has 0 saturated heterocycles. The van der Waals surface area contributed by atoms with Gasteiger partial charge in [0.15, 0.2) is 0 Å². The molecule has 0 amide bonds. The van der Waals surface area contributed by atoms with E-state index in [4.69, 9.17) is 4.74 Å². The molecule has 3 rings (SSSR count). The van der Waals surface area contributed by atoms with Gasteiger partial charge in [-0.2, -0.15) is 0 Å². The summed E-state index contributed by atoms with van der Waals surface area (Å²) >= 11 is 0.